The van der Waals surface area contributed by atoms with Crippen LogP contribution in [-0.4, -0.2) is 15.0 Å². The van der Waals surface area contributed by atoms with Crippen LogP contribution in [0.15, 0.2) is 218 Å². The van der Waals surface area contributed by atoms with Gasteiger partial charge < -0.3 is 0 Å². The molecule has 4 nitrogen and oxygen atoms in total. The molecule has 0 amide bonds. The number of fused-ring (bicyclic) bond motifs is 10. The standard InChI is InChI=1S/C69H50N4/c70-42-44-13-11-18-50(34-44)51-19-12-20-55(35-51)68-40-45-33-46(41-68)39-67(38-45,43-68)54-29-25-47(26-30-54)52-27-31-58-59-32-28-53(66-72-64(48-14-3-1-4-15-48)71-65(73-66)49-16-5-2-6-17-49)37-63(59)69(62(58)36-52)60-23-9-7-21-56(60)57-22-8-10-24-61(57)69/h1-32,34-37,45-46H,33,38-41,43H2. The number of nitriles is 1. The van der Waals surface area contributed by atoms with E-state index in [2.05, 4.69) is 170 Å². The van der Waals surface area contributed by atoms with Crippen molar-refractivity contribution in [3.8, 4) is 84.7 Å². The minimum Gasteiger partial charge on any atom is -0.208 e. The van der Waals surface area contributed by atoms with Crippen molar-refractivity contribution >= 4 is 0 Å². The summed E-state index contributed by atoms with van der Waals surface area (Å²) in [7, 11) is 0. The van der Waals surface area contributed by atoms with E-state index in [1.54, 1.807) is 0 Å². The lowest BCUT2D eigenvalue weighted by Crippen LogP contribution is -2.55. The van der Waals surface area contributed by atoms with Crippen molar-refractivity contribution in [3.63, 3.8) is 0 Å². The van der Waals surface area contributed by atoms with E-state index in [-0.39, 0.29) is 10.8 Å². The lowest BCUT2D eigenvalue weighted by atomic mass is 9.41. The van der Waals surface area contributed by atoms with Crippen LogP contribution in [0.5, 0.6) is 0 Å². The van der Waals surface area contributed by atoms with E-state index in [1.807, 2.05) is 54.6 Å². The molecule has 346 valence electrons. The van der Waals surface area contributed by atoms with Crippen LogP contribution >= 0.6 is 0 Å². The van der Waals surface area contributed by atoms with Crippen molar-refractivity contribution in [3.05, 3.63) is 257 Å². The first kappa shape index (κ1) is 42.2. The monoisotopic (exact) mass is 934 g/mol. The third-order valence-electron chi connectivity index (χ3n) is 17.7. The van der Waals surface area contributed by atoms with Gasteiger partial charge in [-0.1, -0.05) is 194 Å². The zero-order chi connectivity index (χ0) is 48.3. The summed E-state index contributed by atoms with van der Waals surface area (Å²) in [4.78, 5) is 15.4. The van der Waals surface area contributed by atoms with Crippen molar-refractivity contribution in [2.75, 3.05) is 0 Å². The Bertz CT molecular complexity index is 3790. The first-order valence-electron chi connectivity index (χ1n) is 26.1. The van der Waals surface area contributed by atoms with Crippen LogP contribution in [0.25, 0.3) is 78.7 Å². The van der Waals surface area contributed by atoms with Gasteiger partial charge in [0.1, 0.15) is 0 Å². The molecule has 4 saturated carbocycles. The van der Waals surface area contributed by atoms with Crippen LogP contribution in [0, 0.1) is 23.2 Å². The molecule has 1 heterocycles. The Labute approximate surface area is 426 Å². The van der Waals surface area contributed by atoms with E-state index in [0.717, 1.165) is 34.1 Å². The lowest BCUT2D eigenvalue weighted by Gasteiger charge is -2.63. The van der Waals surface area contributed by atoms with Crippen LogP contribution in [-0.2, 0) is 16.2 Å². The molecule has 0 saturated heterocycles. The van der Waals surface area contributed by atoms with Gasteiger partial charge in [0.2, 0.25) is 0 Å². The molecular weight excluding hydrogens is 885 g/mol. The van der Waals surface area contributed by atoms with Crippen molar-refractivity contribution in [1.82, 2.24) is 15.0 Å². The maximum absolute atomic E-state index is 9.67. The summed E-state index contributed by atoms with van der Waals surface area (Å²) in [6, 6.07) is 82.3. The second kappa shape index (κ2) is 16.0. The largest absolute Gasteiger partial charge is 0.208 e. The van der Waals surface area contributed by atoms with Gasteiger partial charge in [0.05, 0.1) is 17.0 Å². The van der Waals surface area contributed by atoms with Crippen LogP contribution < -0.4 is 0 Å². The average Bonchev–Trinajstić information content (AvgIpc) is 3.93. The van der Waals surface area contributed by atoms with Gasteiger partial charge in [-0.3, -0.25) is 0 Å². The van der Waals surface area contributed by atoms with Crippen molar-refractivity contribution in [2.24, 2.45) is 11.8 Å². The molecule has 4 bridgehead atoms. The summed E-state index contributed by atoms with van der Waals surface area (Å²) in [5.41, 5.74) is 21.4. The Morgan fingerprint density at radius 2 is 0.808 bits per heavy atom. The number of hydrogen-bond acceptors (Lipinski definition) is 4. The lowest BCUT2D eigenvalue weighted by molar-refractivity contribution is -0.0281. The Kier molecular flexibility index (Phi) is 9.24. The number of hydrogen-bond donors (Lipinski definition) is 0. The number of aromatic nitrogens is 3. The molecule has 4 heteroatoms. The third-order valence-corrected chi connectivity index (χ3v) is 17.7. The average molecular weight is 935 g/mol. The van der Waals surface area contributed by atoms with Gasteiger partial charge in [0, 0.05) is 16.7 Å². The number of nitrogens with zero attached hydrogens (tertiary/aromatic N) is 4. The molecule has 4 fully saturated rings. The first-order valence-corrected chi connectivity index (χ1v) is 26.1. The van der Waals surface area contributed by atoms with E-state index in [0.29, 0.717) is 23.0 Å². The minimum absolute atomic E-state index is 0.167. The van der Waals surface area contributed by atoms with E-state index in [9.17, 15) is 5.26 Å². The van der Waals surface area contributed by atoms with Gasteiger partial charge >= 0.3 is 0 Å². The fourth-order valence-electron chi connectivity index (χ4n) is 15.1. The highest BCUT2D eigenvalue weighted by Gasteiger charge is 2.59. The maximum atomic E-state index is 9.67. The summed E-state index contributed by atoms with van der Waals surface area (Å²) >= 11 is 0. The molecular formula is C69H50N4. The van der Waals surface area contributed by atoms with Crippen LogP contribution in [0.2, 0.25) is 0 Å². The summed E-state index contributed by atoms with van der Waals surface area (Å²) in [6.07, 6.45) is 7.66. The molecule has 73 heavy (non-hydrogen) atoms. The molecule has 6 aliphatic rings. The molecule has 10 aromatic rings. The van der Waals surface area contributed by atoms with Crippen LogP contribution in [0.4, 0.5) is 0 Å². The third kappa shape index (κ3) is 6.41. The van der Waals surface area contributed by atoms with E-state index in [4.69, 9.17) is 15.0 Å². The smallest absolute Gasteiger partial charge is 0.164 e. The summed E-state index contributed by atoms with van der Waals surface area (Å²) < 4.78 is 0. The van der Waals surface area contributed by atoms with Crippen LogP contribution in [0.3, 0.4) is 0 Å². The first-order chi connectivity index (χ1) is 36.0. The van der Waals surface area contributed by atoms with Gasteiger partial charge in [0.15, 0.2) is 17.5 Å². The highest BCUT2D eigenvalue weighted by molar-refractivity contribution is 5.96. The molecule has 9 aromatic carbocycles. The van der Waals surface area contributed by atoms with Gasteiger partial charge in [-0.05, 0) is 163 Å². The molecule has 16 rings (SSSR count). The minimum atomic E-state index is -0.551. The SMILES string of the molecule is N#Cc1cccc(-c2cccc(C34CC5CC(CC(c6ccc(-c7ccc8c(c7)C7(c9ccccc9-c9ccccc97)c7cc(-c9nc(-c%10ccccc%10)nc(-c%10ccccc%10)n9)ccc7-8)cc6)(C5)C3)C4)c2)c1. The second-order valence-corrected chi connectivity index (χ2v) is 21.8. The van der Waals surface area contributed by atoms with E-state index in [1.165, 1.54) is 111 Å². The van der Waals surface area contributed by atoms with E-state index < -0.39 is 5.41 Å². The van der Waals surface area contributed by atoms with Gasteiger partial charge in [-0.2, -0.15) is 5.26 Å². The van der Waals surface area contributed by atoms with E-state index >= 15 is 0 Å². The molecule has 2 unspecified atom stereocenters. The van der Waals surface area contributed by atoms with Crippen molar-refractivity contribution in [2.45, 2.75) is 54.8 Å². The molecule has 0 radical (unpaired) electrons. The predicted molar refractivity (Wildman–Crippen MR) is 293 cm³/mol. The summed E-state index contributed by atoms with van der Waals surface area (Å²) in [5, 5.41) is 9.67. The number of rotatable bonds is 7. The zero-order valence-electron chi connectivity index (χ0n) is 40.5. The topological polar surface area (TPSA) is 62.5 Å². The Balaban J connectivity index is 0.830. The van der Waals surface area contributed by atoms with Crippen molar-refractivity contribution in [1.29, 1.82) is 5.26 Å². The predicted octanol–water partition coefficient (Wildman–Crippen LogP) is 16.2. The normalized spacial score (nSPS) is 21.0. The molecule has 1 aromatic heterocycles. The molecule has 0 N–H and O–H groups in total. The Morgan fingerprint density at radius 1 is 0.356 bits per heavy atom. The zero-order valence-corrected chi connectivity index (χ0v) is 40.5. The van der Waals surface area contributed by atoms with Gasteiger partial charge in [0.25, 0.3) is 0 Å². The molecule has 6 aliphatic carbocycles. The maximum Gasteiger partial charge on any atom is 0.164 e. The van der Waals surface area contributed by atoms with Crippen LogP contribution in [0.1, 0.15) is 77.5 Å². The highest BCUT2D eigenvalue weighted by atomic mass is 15.0. The van der Waals surface area contributed by atoms with Crippen molar-refractivity contribution < 1.29 is 0 Å². The summed E-state index contributed by atoms with van der Waals surface area (Å²) in [6.45, 7) is 0. The quantitative estimate of drug-likeness (QED) is 0.160. The Morgan fingerprint density at radius 3 is 1.41 bits per heavy atom. The highest BCUT2D eigenvalue weighted by Crippen LogP contribution is 2.67. The van der Waals surface area contributed by atoms with Gasteiger partial charge in [-0.25, -0.2) is 15.0 Å². The summed E-state index contributed by atoms with van der Waals surface area (Å²) in [5.74, 6) is 3.44. The number of benzene rings is 9. The second-order valence-electron chi connectivity index (χ2n) is 21.8. The molecule has 0 aliphatic heterocycles. The molecule has 2 atom stereocenters. The fraction of sp³-hybridized carbons (Fsp3) is 0.159. The fourth-order valence-corrected chi connectivity index (χ4v) is 15.1. The molecule has 1 spiro atoms. The van der Waals surface area contributed by atoms with Gasteiger partial charge in [-0.15, -0.1) is 0 Å². The Hall–Kier alpha value is -8.52.